The van der Waals surface area contributed by atoms with Crippen LogP contribution < -0.4 is 10.2 Å². The molecular weight excluding hydrogens is 376 g/mol. The lowest BCUT2D eigenvalue weighted by Crippen LogP contribution is -2.46. The van der Waals surface area contributed by atoms with E-state index in [-0.39, 0.29) is 18.2 Å². The Kier molecular flexibility index (Phi) is 3.93. The topological polar surface area (TPSA) is 67.2 Å². The van der Waals surface area contributed by atoms with Crippen LogP contribution in [0.3, 0.4) is 0 Å². The summed E-state index contributed by atoms with van der Waals surface area (Å²) in [6.45, 7) is 8.28. The first-order valence-electron chi connectivity index (χ1n) is 9.95. The van der Waals surface area contributed by atoms with E-state index in [0.29, 0.717) is 12.4 Å². The van der Waals surface area contributed by atoms with Gasteiger partial charge in [-0.25, -0.2) is 4.68 Å². The third kappa shape index (κ3) is 2.33. The quantitative estimate of drug-likeness (QED) is 0.685. The number of aryl methyl sites for hydroxylation is 2. The first-order valence-corrected chi connectivity index (χ1v) is 9.95. The second-order valence-corrected chi connectivity index (χ2v) is 7.94. The van der Waals surface area contributed by atoms with Gasteiger partial charge in [0.05, 0.1) is 11.9 Å². The van der Waals surface area contributed by atoms with Crippen molar-refractivity contribution in [1.82, 2.24) is 9.78 Å². The van der Waals surface area contributed by atoms with Crippen molar-refractivity contribution in [3.8, 4) is 5.69 Å². The first kappa shape index (κ1) is 18.4. The maximum absolute atomic E-state index is 13.7. The van der Waals surface area contributed by atoms with Gasteiger partial charge >= 0.3 is 0 Å². The molecular formula is C24H22N4O2. The van der Waals surface area contributed by atoms with E-state index in [1.165, 1.54) is 5.56 Å². The summed E-state index contributed by atoms with van der Waals surface area (Å²) in [7, 11) is 0. The standard InChI is InChI=1S/C24H22N4O2/c1-4-11-27-20-8-6-5-7-18(20)24(23(27)30)13-21(29)26-22-19(24)14-25-28(22)17-10-9-15(2)16(3)12-17/h4-10,12,14H,1,11,13H2,2-3H3,(H,26,29). The van der Waals surface area contributed by atoms with Crippen molar-refractivity contribution in [3.05, 3.63) is 83.6 Å². The predicted octanol–water partition coefficient (Wildman–Crippen LogP) is 3.65. The first-order chi connectivity index (χ1) is 14.5. The molecule has 0 radical (unpaired) electrons. The lowest BCUT2D eigenvalue weighted by molar-refractivity contribution is -0.126. The van der Waals surface area contributed by atoms with E-state index in [4.69, 9.17) is 0 Å². The molecule has 30 heavy (non-hydrogen) atoms. The molecule has 2 aliphatic rings. The highest BCUT2D eigenvalue weighted by molar-refractivity contribution is 6.15. The molecule has 1 atom stereocenters. The number of carbonyl (C=O) groups excluding carboxylic acids is 2. The number of nitrogens with zero attached hydrogens (tertiary/aromatic N) is 3. The van der Waals surface area contributed by atoms with Gasteiger partial charge in [-0.15, -0.1) is 6.58 Å². The zero-order valence-electron chi connectivity index (χ0n) is 17.0. The Balaban J connectivity index is 1.75. The number of amides is 2. The van der Waals surface area contributed by atoms with Crippen LogP contribution in [0.2, 0.25) is 0 Å². The van der Waals surface area contributed by atoms with Crippen molar-refractivity contribution >= 4 is 23.3 Å². The van der Waals surface area contributed by atoms with Gasteiger partial charge in [0.15, 0.2) is 0 Å². The molecule has 1 aromatic heterocycles. The van der Waals surface area contributed by atoms with Crippen LogP contribution >= 0.6 is 0 Å². The molecule has 150 valence electrons. The van der Waals surface area contributed by atoms with Gasteiger partial charge in [-0.2, -0.15) is 5.10 Å². The van der Waals surface area contributed by atoms with Gasteiger partial charge in [-0.3, -0.25) is 9.59 Å². The lowest BCUT2D eigenvalue weighted by Gasteiger charge is -2.32. The van der Waals surface area contributed by atoms with Gasteiger partial charge in [0.2, 0.25) is 11.8 Å². The Morgan fingerprint density at radius 3 is 2.70 bits per heavy atom. The zero-order valence-corrected chi connectivity index (χ0v) is 17.0. The predicted molar refractivity (Wildman–Crippen MR) is 116 cm³/mol. The van der Waals surface area contributed by atoms with E-state index >= 15 is 0 Å². The molecule has 1 N–H and O–H groups in total. The molecule has 2 amide bonds. The monoisotopic (exact) mass is 398 g/mol. The third-order valence-corrected chi connectivity index (χ3v) is 6.22. The smallest absolute Gasteiger partial charge is 0.243 e. The average Bonchev–Trinajstić information content (AvgIpc) is 3.25. The van der Waals surface area contributed by atoms with Crippen LogP contribution in [0, 0.1) is 13.8 Å². The Labute approximate surface area is 174 Å². The van der Waals surface area contributed by atoms with E-state index in [1.54, 1.807) is 21.9 Å². The summed E-state index contributed by atoms with van der Waals surface area (Å²) in [5, 5.41) is 7.54. The summed E-state index contributed by atoms with van der Waals surface area (Å²) in [6.07, 6.45) is 3.48. The molecule has 0 aliphatic carbocycles. The molecule has 6 heteroatoms. The molecule has 0 saturated heterocycles. The molecule has 0 fully saturated rings. The normalized spacial score (nSPS) is 19.6. The number of para-hydroxylation sites is 1. The highest BCUT2D eigenvalue weighted by Crippen LogP contribution is 2.52. The van der Waals surface area contributed by atoms with E-state index < -0.39 is 5.41 Å². The number of rotatable bonds is 3. The van der Waals surface area contributed by atoms with Crippen LogP contribution in [-0.4, -0.2) is 28.1 Å². The maximum atomic E-state index is 13.7. The number of nitrogens with one attached hydrogen (secondary N) is 1. The molecule has 6 nitrogen and oxygen atoms in total. The highest BCUT2D eigenvalue weighted by atomic mass is 16.2. The molecule has 2 aliphatic heterocycles. The minimum atomic E-state index is -1.07. The van der Waals surface area contributed by atoms with Gasteiger partial charge in [-0.05, 0) is 48.7 Å². The van der Waals surface area contributed by atoms with Crippen molar-refractivity contribution in [2.75, 3.05) is 16.8 Å². The van der Waals surface area contributed by atoms with Crippen molar-refractivity contribution in [1.29, 1.82) is 0 Å². The summed E-state index contributed by atoms with van der Waals surface area (Å²) in [4.78, 5) is 28.3. The van der Waals surface area contributed by atoms with Crippen molar-refractivity contribution < 1.29 is 9.59 Å². The largest absolute Gasteiger partial charge is 0.310 e. The lowest BCUT2D eigenvalue weighted by atomic mass is 9.72. The van der Waals surface area contributed by atoms with Crippen molar-refractivity contribution in [3.63, 3.8) is 0 Å². The molecule has 0 saturated carbocycles. The number of anilines is 2. The van der Waals surface area contributed by atoms with Crippen molar-refractivity contribution in [2.45, 2.75) is 25.7 Å². The van der Waals surface area contributed by atoms with Gasteiger partial charge in [0.25, 0.3) is 0 Å². The fourth-order valence-electron chi connectivity index (χ4n) is 4.61. The second-order valence-electron chi connectivity index (χ2n) is 7.94. The molecule has 2 aromatic carbocycles. The van der Waals surface area contributed by atoms with Crippen LogP contribution in [0.5, 0.6) is 0 Å². The van der Waals surface area contributed by atoms with E-state index in [9.17, 15) is 9.59 Å². The minimum Gasteiger partial charge on any atom is -0.310 e. The highest BCUT2D eigenvalue weighted by Gasteiger charge is 2.56. The average molecular weight is 398 g/mol. The maximum Gasteiger partial charge on any atom is 0.243 e. The molecule has 3 heterocycles. The SMILES string of the molecule is C=CCN1C(=O)C2(CC(=O)Nc3c2cnn3-c2ccc(C)c(C)c2)c2ccccc21. The summed E-state index contributed by atoms with van der Waals surface area (Å²) < 4.78 is 1.71. The van der Waals surface area contributed by atoms with Gasteiger partial charge in [0, 0.05) is 24.2 Å². The van der Waals surface area contributed by atoms with E-state index in [0.717, 1.165) is 28.1 Å². The number of aromatic nitrogens is 2. The number of hydrogen-bond acceptors (Lipinski definition) is 3. The van der Waals surface area contributed by atoms with E-state index in [2.05, 4.69) is 23.9 Å². The van der Waals surface area contributed by atoms with Crippen LogP contribution in [-0.2, 0) is 15.0 Å². The van der Waals surface area contributed by atoms with E-state index in [1.807, 2.05) is 49.4 Å². The van der Waals surface area contributed by atoms with Crippen LogP contribution in [0.15, 0.2) is 61.3 Å². The fraction of sp³-hybridized carbons (Fsp3) is 0.208. The molecule has 1 unspecified atom stereocenters. The Hall–Kier alpha value is -3.67. The molecule has 5 rings (SSSR count). The Bertz CT molecular complexity index is 1230. The van der Waals surface area contributed by atoms with Crippen molar-refractivity contribution in [2.24, 2.45) is 0 Å². The minimum absolute atomic E-state index is 0.0576. The van der Waals surface area contributed by atoms with Gasteiger partial charge in [0.1, 0.15) is 11.2 Å². The molecule has 1 spiro atoms. The Morgan fingerprint density at radius 1 is 1.13 bits per heavy atom. The van der Waals surface area contributed by atoms with Crippen LogP contribution in [0.1, 0.15) is 28.7 Å². The van der Waals surface area contributed by atoms with Crippen LogP contribution in [0.4, 0.5) is 11.5 Å². The number of hydrogen-bond donors (Lipinski definition) is 1. The van der Waals surface area contributed by atoms with Gasteiger partial charge in [-0.1, -0.05) is 30.3 Å². The second kappa shape index (κ2) is 6.42. The summed E-state index contributed by atoms with van der Waals surface area (Å²) in [5.74, 6) is 0.245. The summed E-state index contributed by atoms with van der Waals surface area (Å²) in [5.41, 5.74) is 4.47. The molecule has 0 bridgehead atoms. The molecule has 3 aromatic rings. The number of benzene rings is 2. The summed E-state index contributed by atoms with van der Waals surface area (Å²) in [6, 6.07) is 13.7. The fourth-order valence-corrected chi connectivity index (χ4v) is 4.61. The third-order valence-electron chi connectivity index (χ3n) is 6.22. The van der Waals surface area contributed by atoms with Crippen LogP contribution in [0.25, 0.3) is 5.69 Å². The van der Waals surface area contributed by atoms with Gasteiger partial charge < -0.3 is 10.2 Å². The number of carbonyl (C=O) groups is 2. The number of fused-ring (bicyclic) bond motifs is 4. The zero-order chi connectivity index (χ0) is 21.0. The Morgan fingerprint density at radius 2 is 1.93 bits per heavy atom. The summed E-state index contributed by atoms with van der Waals surface area (Å²) >= 11 is 0.